The zero-order valence-corrected chi connectivity index (χ0v) is 15.0. The number of imidazole rings is 1. The van der Waals surface area contributed by atoms with E-state index in [4.69, 9.17) is 0 Å². The number of nitrogens with zero attached hydrogens (tertiary/aromatic N) is 5. The van der Waals surface area contributed by atoms with Gasteiger partial charge in [0, 0.05) is 32.0 Å². The zero-order chi connectivity index (χ0) is 18.5. The highest BCUT2D eigenvalue weighted by molar-refractivity contribution is 5.79. The third-order valence-electron chi connectivity index (χ3n) is 4.83. The van der Waals surface area contributed by atoms with E-state index in [1.807, 2.05) is 53.2 Å². The number of rotatable bonds is 5. The van der Waals surface area contributed by atoms with Gasteiger partial charge in [0.1, 0.15) is 6.33 Å². The summed E-state index contributed by atoms with van der Waals surface area (Å²) in [6.07, 6.45) is 7.10. The second-order valence-electron chi connectivity index (χ2n) is 6.71. The van der Waals surface area contributed by atoms with E-state index in [0.29, 0.717) is 13.1 Å². The van der Waals surface area contributed by atoms with Crippen LogP contribution in [-0.2, 0) is 11.3 Å². The minimum Gasteiger partial charge on any atom is -0.354 e. The highest BCUT2D eigenvalue weighted by Crippen LogP contribution is 2.22. The minimum atomic E-state index is -0.0300. The molecule has 7 nitrogen and oxygen atoms in total. The lowest BCUT2D eigenvalue weighted by atomic mass is 9.97. The van der Waals surface area contributed by atoms with Gasteiger partial charge < -0.3 is 10.2 Å². The second kappa shape index (κ2) is 7.99. The van der Waals surface area contributed by atoms with E-state index in [-0.39, 0.29) is 11.8 Å². The fraction of sp³-hybridized carbons (Fsp3) is 0.300. The van der Waals surface area contributed by atoms with Gasteiger partial charge in [-0.25, -0.2) is 4.98 Å². The van der Waals surface area contributed by atoms with Crippen molar-refractivity contribution in [2.75, 3.05) is 18.0 Å². The summed E-state index contributed by atoms with van der Waals surface area (Å²) >= 11 is 0. The number of hydrogen-bond acceptors (Lipinski definition) is 5. The number of anilines is 1. The standard InChI is InChI=1S/C20H22N6O/c27-20(22-13-16-5-2-1-3-6-16)17-7-4-11-25(14-17)18-8-9-19(24-23-18)26-12-10-21-15-26/h1-3,5-6,8-10,12,15,17H,4,7,11,13-14H2,(H,22,27). The van der Waals surface area contributed by atoms with Crippen LogP contribution in [-0.4, -0.2) is 38.7 Å². The normalized spacial score (nSPS) is 16.9. The summed E-state index contributed by atoms with van der Waals surface area (Å²) in [4.78, 5) is 18.7. The van der Waals surface area contributed by atoms with Gasteiger partial charge >= 0.3 is 0 Å². The van der Waals surface area contributed by atoms with E-state index in [1.54, 1.807) is 12.5 Å². The Hall–Kier alpha value is -3.22. The SMILES string of the molecule is O=C(NCc1ccccc1)C1CCCN(c2ccc(-n3ccnc3)nn2)C1. The predicted molar refractivity (Wildman–Crippen MR) is 102 cm³/mol. The van der Waals surface area contributed by atoms with Crippen LogP contribution in [0.15, 0.2) is 61.2 Å². The van der Waals surface area contributed by atoms with Crippen molar-refractivity contribution in [3.05, 3.63) is 66.7 Å². The van der Waals surface area contributed by atoms with Crippen molar-refractivity contribution < 1.29 is 4.79 Å². The average molecular weight is 362 g/mol. The van der Waals surface area contributed by atoms with E-state index in [2.05, 4.69) is 25.4 Å². The smallest absolute Gasteiger partial charge is 0.225 e. The Labute approximate surface area is 158 Å². The van der Waals surface area contributed by atoms with Gasteiger partial charge in [0.05, 0.1) is 5.92 Å². The van der Waals surface area contributed by atoms with Crippen molar-refractivity contribution in [1.29, 1.82) is 0 Å². The fourth-order valence-corrected chi connectivity index (χ4v) is 3.35. The van der Waals surface area contributed by atoms with Gasteiger partial charge in [-0.3, -0.25) is 9.36 Å². The fourth-order valence-electron chi connectivity index (χ4n) is 3.35. The molecule has 0 spiro atoms. The molecule has 0 aliphatic carbocycles. The molecule has 1 atom stereocenters. The van der Waals surface area contributed by atoms with Crippen LogP contribution in [0, 0.1) is 5.92 Å². The van der Waals surface area contributed by atoms with Gasteiger partial charge in [-0.1, -0.05) is 30.3 Å². The topological polar surface area (TPSA) is 75.9 Å². The molecular formula is C20H22N6O. The molecule has 1 unspecified atom stereocenters. The third kappa shape index (κ3) is 4.13. The molecule has 138 valence electrons. The van der Waals surface area contributed by atoms with Crippen LogP contribution in [0.4, 0.5) is 5.82 Å². The molecule has 7 heteroatoms. The number of hydrogen-bond donors (Lipinski definition) is 1. The molecule has 1 fully saturated rings. The Morgan fingerprint density at radius 3 is 2.67 bits per heavy atom. The quantitative estimate of drug-likeness (QED) is 0.753. The van der Waals surface area contributed by atoms with E-state index < -0.39 is 0 Å². The highest BCUT2D eigenvalue weighted by atomic mass is 16.1. The summed E-state index contributed by atoms with van der Waals surface area (Å²) in [5.74, 6) is 1.61. The number of benzene rings is 1. The molecule has 27 heavy (non-hydrogen) atoms. The number of carbonyl (C=O) groups is 1. The van der Waals surface area contributed by atoms with Crippen molar-refractivity contribution >= 4 is 11.7 Å². The van der Waals surface area contributed by atoms with E-state index in [1.165, 1.54) is 0 Å². The monoisotopic (exact) mass is 362 g/mol. The largest absolute Gasteiger partial charge is 0.354 e. The molecule has 2 aromatic heterocycles. The summed E-state index contributed by atoms with van der Waals surface area (Å²) in [6.45, 7) is 2.12. The lowest BCUT2D eigenvalue weighted by Crippen LogP contribution is -2.43. The maximum atomic E-state index is 12.6. The molecule has 0 radical (unpaired) electrons. The molecule has 1 saturated heterocycles. The molecule has 3 heterocycles. The molecule has 0 saturated carbocycles. The number of piperidine rings is 1. The molecule has 3 aromatic rings. The van der Waals surface area contributed by atoms with Crippen molar-refractivity contribution in [1.82, 2.24) is 25.1 Å². The van der Waals surface area contributed by atoms with Crippen LogP contribution in [0.5, 0.6) is 0 Å². The average Bonchev–Trinajstić information content (AvgIpc) is 3.28. The van der Waals surface area contributed by atoms with E-state index in [0.717, 1.165) is 36.6 Å². The second-order valence-corrected chi connectivity index (χ2v) is 6.71. The van der Waals surface area contributed by atoms with Gasteiger partial charge in [0.15, 0.2) is 11.6 Å². The maximum absolute atomic E-state index is 12.6. The lowest BCUT2D eigenvalue weighted by Gasteiger charge is -2.32. The number of nitrogens with one attached hydrogen (secondary N) is 1. The zero-order valence-electron chi connectivity index (χ0n) is 15.0. The first-order chi connectivity index (χ1) is 13.3. The van der Waals surface area contributed by atoms with Gasteiger partial charge in [-0.15, -0.1) is 10.2 Å². The summed E-state index contributed by atoms with van der Waals surface area (Å²) in [5, 5.41) is 11.7. The molecule has 0 bridgehead atoms. The predicted octanol–water partition coefficient (Wildman–Crippen LogP) is 2.20. The Morgan fingerprint density at radius 2 is 1.93 bits per heavy atom. The molecule has 1 aliphatic heterocycles. The maximum Gasteiger partial charge on any atom is 0.225 e. The first kappa shape index (κ1) is 17.2. The Kier molecular flexibility index (Phi) is 5.09. The van der Waals surface area contributed by atoms with Gasteiger partial charge in [0.2, 0.25) is 5.91 Å². The van der Waals surface area contributed by atoms with Crippen LogP contribution in [0.25, 0.3) is 5.82 Å². The molecule has 1 aromatic carbocycles. The Morgan fingerprint density at radius 1 is 1.11 bits per heavy atom. The Bertz CT molecular complexity index is 863. The molecular weight excluding hydrogens is 340 g/mol. The van der Waals surface area contributed by atoms with Crippen LogP contribution in [0.1, 0.15) is 18.4 Å². The van der Waals surface area contributed by atoms with Crippen molar-refractivity contribution in [2.24, 2.45) is 5.92 Å². The van der Waals surface area contributed by atoms with Crippen LogP contribution >= 0.6 is 0 Å². The minimum absolute atomic E-state index is 0.0300. The molecule has 4 rings (SSSR count). The molecule has 1 N–H and O–H groups in total. The van der Waals surface area contributed by atoms with Gasteiger partial charge in [-0.2, -0.15) is 0 Å². The van der Waals surface area contributed by atoms with Crippen LogP contribution in [0.2, 0.25) is 0 Å². The van der Waals surface area contributed by atoms with Crippen molar-refractivity contribution in [3.8, 4) is 5.82 Å². The first-order valence-corrected chi connectivity index (χ1v) is 9.18. The van der Waals surface area contributed by atoms with Gasteiger partial charge in [-0.05, 0) is 30.5 Å². The summed E-state index contributed by atoms with van der Waals surface area (Å²) in [6, 6.07) is 13.8. The number of carbonyl (C=O) groups excluding carboxylic acids is 1. The summed E-state index contributed by atoms with van der Waals surface area (Å²) in [5.41, 5.74) is 1.11. The number of amides is 1. The third-order valence-corrected chi connectivity index (χ3v) is 4.83. The summed E-state index contributed by atoms with van der Waals surface area (Å²) < 4.78 is 1.81. The first-order valence-electron chi connectivity index (χ1n) is 9.18. The molecule has 1 amide bonds. The lowest BCUT2D eigenvalue weighted by molar-refractivity contribution is -0.125. The Balaban J connectivity index is 1.36. The van der Waals surface area contributed by atoms with Crippen LogP contribution < -0.4 is 10.2 Å². The van der Waals surface area contributed by atoms with Crippen molar-refractivity contribution in [2.45, 2.75) is 19.4 Å². The van der Waals surface area contributed by atoms with E-state index >= 15 is 0 Å². The van der Waals surface area contributed by atoms with Crippen LogP contribution in [0.3, 0.4) is 0 Å². The van der Waals surface area contributed by atoms with Gasteiger partial charge in [0.25, 0.3) is 0 Å². The molecule has 1 aliphatic rings. The van der Waals surface area contributed by atoms with E-state index in [9.17, 15) is 4.79 Å². The van der Waals surface area contributed by atoms with Crippen molar-refractivity contribution in [3.63, 3.8) is 0 Å². The summed E-state index contributed by atoms with van der Waals surface area (Å²) in [7, 11) is 0. The highest BCUT2D eigenvalue weighted by Gasteiger charge is 2.26. The number of aromatic nitrogens is 4.